The molecule has 1 aromatic rings. The first-order valence-corrected chi connectivity index (χ1v) is 7.01. The molecule has 0 saturated heterocycles. The van der Waals surface area contributed by atoms with Crippen LogP contribution in [0.2, 0.25) is 0 Å². The zero-order chi connectivity index (χ0) is 17.7. The summed E-state index contributed by atoms with van der Waals surface area (Å²) in [6.07, 6.45) is -0.919. The maximum Gasteiger partial charge on any atom is 0.407 e. The van der Waals surface area contributed by atoms with Crippen molar-refractivity contribution in [3.05, 3.63) is 29.6 Å². The monoisotopic (exact) mass is 334 g/mol. The number of alkyl carbamates (subject to hydrolysis) is 1. The Kier molecular flexibility index (Phi) is 6.26. The Morgan fingerprint density at radius 3 is 2.48 bits per heavy atom. The lowest BCUT2D eigenvalue weighted by Gasteiger charge is -2.22. The van der Waals surface area contributed by atoms with Gasteiger partial charge in [-0.2, -0.15) is 0 Å². The molecular formula is C15H21F3N2O3. The van der Waals surface area contributed by atoms with Crippen LogP contribution in [0.3, 0.4) is 0 Å². The lowest BCUT2D eigenvalue weighted by atomic mass is 10.2. The van der Waals surface area contributed by atoms with Crippen LogP contribution in [0.4, 0.5) is 18.0 Å². The number of phenols is 1. The topological polar surface area (TPSA) is 70.6 Å². The summed E-state index contributed by atoms with van der Waals surface area (Å²) in [6.45, 7) is 3.30. The van der Waals surface area contributed by atoms with E-state index >= 15 is 0 Å². The van der Waals surface area contributed by atoms with Crippen molar-refractivity contribution in [2.24, 2.45) is 0 Å². The number of amides is 1. The van der Waals surface area contributed by atoms with Gasteiger partial charge in [-0.1, -0.05) is 6.07 Å². The summed E-state index contributed by atoms with van der Waals surface area (Å²) in [5, 5.41) is 13.5. The first-order valence-electron chi connectivity index (χ1n) is 7.01. The van der Waals surface area contributed by atoms with Gasteiger partial charge < -0.3 is 20.5 Å². The minimum atomic E-state index is -3.19. The zero-order valence-electron chi connectivity index (χ0n) is 13.3. The van der Waals surface area contributed by atoms with Gasteiger partial charge in [0.2, 0.25) is 0 Å². The number of benzene rings is 1. The van der Waals surface area contributed by atoms with Crippen LogP contribution in [0.1, 0.15) is 26.3 Å². The molecule has 0 radical (unpaired) electrons. The molecular weight excluding hydrogens is 313 g/mol. The highest BCUT2D eigenvalue weighted by atomic mass is 19.3. The number of carbonyl (C=O) groups is 1. The summed E-state index contributed by atoms with van der Waals surface area (Å²) in [4.78, 5) is 11.3. The Bertz CT molecular complexity index is 545. The molecule has 0 heterocycles. The van der Waals surface area contributed by atoms with Crippen LogP contribution in [0.25, 0.3) is 0 Å². The van der Waals surface area contributed by atoms with Crippen molar-refractivity contribution in [1.29, 1.82) is 0 Å². The Labute approximate surface area is 132 Å². The van der Waals surface area contributed by atoms with Gasteiger partial charge >= 0.3 is 6.09 Å². The summed E-state index contributed by atoms with van der Waals surface area (Å²) in [5.74, 6) is -4.50. The molecule has 0 aliphatic rings. The highest BCUT2D eigenvalue weighted by Gasteiger charge is 2.30. The predicted octanol–water partition coefficient (Wildman–Crippen LogP) is 2.78. The largest absolute Gasteiger partial charge is 0.505 e. The van der Waals surface area contributed by atoms with Gasteiger partial charge in [-0.15, -0.1) is 0 Å². The number of ether oxygens (including phenoxy) is 1. The average Bonchev–Trinajstić information content (AvgIpc) is 2.39. The van der Waals surface area contributed by atoms with Gasteiger partial charge in [-0.25, -0.2) is 18.0 Å². The fraction of sp³-hybridized carbons (Fsp3) is 0.533. The number of carbonyl (C=O) groups excluding carboxylic acids is 1. The van der Waals surface area contributed by atoms with Crippen LogP contribution >= 0.6 is 0 Å². The molecule has 1 aromatic carbocycles. The first-order chi connectivity index (χ1) is 10.5. The Balaban J connectivity index is 2.37. The van der Waals surface area contributed by atoms with Crippen LogP contribution in [0.15, 0.2) is 18.2 Å². The number of phenolic OH excluding ortho intramolecular Hbond substituents is 1. The van der Waals surface area contributed by atoms with E-state index in [0.29, 0.717) is 5.56 Å². The molecule has 0 atom stereocenters. The summed E-state index contributed by atoms with van der Waals surface area (Å²) in [7, 11) is 0. The van der Waals surface area contributed by atoms with Crippen molar-refractivity contribution in [3.63, 3.8) is 0 Å². The average molecular weight is 334 g/mol. The number of rotatable bonds is 6. The highest BCUT2D eigenvalue weighted by molar-refractivity contribution is 5.67. The lowest BCUT2D eigenvalue weighted by molar-refractivity contribution is -0.00376. The zero-order valence-corrected chi connectivity index (χ0v) is 13.3. The molecule has 0 aliphatic carbocycles. The Morgan fingerprint density at radius 2 is 1.91 bits per heavy atom. The maximum atomic E-state index is 13.6. The van der Waals surface area contributed by atoms with Crippen molar-refractivity contribution in [3.8, 4) is 5.75 Å². The van der Waals surface area contributed by atoms with Gasteiger partial charge in [-0.3, -0.25) is 0 Å². The van der Waals surface area contributed by atoms with E-state index < -0.39 is 42.3 Å². The molecule has 0 fully saturated rings. The normalized spacial score (nSPS) is 12.1. The number of hydrogen-bond acceptors (Lipinski definition) is 4. The van der Waals surface area contributed by atoms with Crippen LogP contribution in [0.5, 0.6) is 5.75 Å². The molecule has 1 rings (SSSR count). The predicted molar refractivity (Wildman–Crippen MR) is 79.0 cm³/mol. The van der Waals surface area contributed by atoms with E-state index in [2.05, 4.69) is 5.32 Å². The van der Waals surface area contributed by atoms with E-state index in [0.717, 1.165) is 12.1 Å². The highest BCUT2D eigenvalue weighted by Crippen LogP contribution is 2.16. The molecule has 0 aromatic heterocycles. The fourth-order valence-corrected chi connectivity index (χ4v) is 1.63. The smallest absolute Gasteiger partial charge is 0.407 e. The second-order valence-corrected chi connectivity index (χ2v) is 6.10. The standard InChI is InChI=1S/C15H21F3N2O3/c1-14(2,3)23-13(22)20-9-15(17,18)8-19-7-10-4-5-12(21)11(16)6-10/h4-6,19,21H,7-9H2,1-3H3,(H,20,22). The van der Waals surface area contributed by atoms with E-state index in [1.807, 2.05) is 5.32 Å². The van der Waals surface area contributed by atoms with Gasteiger partial charge in [-0.05, 0) is 38.5 Å². The van der Waals surface area contributed by atoms with Crippen molar-refractivity contribution in [1.82, 2.24) is 10.6 Å². The molecule has 23 heavy (non-hydrogen) atoms. The molecule has 1 amide bonds. The summed E-state index contributed by atoms with van der Waals surface area (Å²) >= 11 is 0. The van der Waals surface area contributed by atoms with E-state index in [9.17, 15) is 18.0 Å². The second-order valence-electron chi connectivity index (χ2n) is 6.10. The molecule has 0 aliphatic heterocycles. The van der Waals surface area contributed by atoms with Crippen molar-refractivity contribution >= 4 is 6.09 Å². The third kappa shape index (κ3) is 7.73. The van der Waals surface area contributed by atoms with Crippen LogP contribution < -0.4 is 10.6 Å². The van der Waals surface area contributed by atoms with E-state index in [4.69, 9.17) is 9.84 Å². The fourth-order valence-electron chi connectivity index (χ4n) is 1.63. The van der Waals surface area contributed by atoms with Gasteiger partial charge in [0.05, 0.1) is 13.1 Å². The lowest BCUT2D eigenvalue weighted by Crippen LogP contribution is -2.44. The second kappa shape index (κ2) is 7.54. The van der Waals surface area contributed by atoms with Gasteiger partial charge in [0.15, 0.2) is 11.6 Å². The Morgan fingerprint density at radius 1 is 1.26 bits per heavy atom. The molecule has 0 spiro atoms. The van der Waals surface area contributed by atoms with Gasteiger partial charge in [0.25, 0.3) is 5.92 Å². The molecule has 5 nitrogen and oxygen atoms in total. The van der Waals surface area contributed by atoms with E-state index in [1.54, 1.807) is 20.8 Å². The van der Waals surface area contributed by atoms with Crippen molar-refractivity contribution in [2.75, 3.05) is 13.1 Å². The summed E-state index contributed by atoms with van der Waals surface area (Å²) in [6, 6.07) is 3.62. The molecule has 8 heteroatoms. The van der Waals surface area contributed by atoms with E-state index in [-0.39, 0.29) is 6.54 Å². The minimum absolute atomic E-state index is 0.000766. The number of alkyl halides is 2. The number of aromatic hydroxyl groups is 1. The summed E-state index contributed by atoms with van der Waals surface area (Å²) < 4.78 is 45.2. The SMILES string of the molecule is CC(C)(C)OC(=O)NCC(F)(F)CNCc1ccc(O)c(F)c1. The first kappa shape index (κ1) is 19.1. The summed E-state index contributed by atoms with van der Waals surface area (Å²) in [5.41, 5.74) is -0.350. The van der Waals surface area contributed by atoms with Crippen LogP contribution in [0, 0.1) is 5.82 Å². The van der Waals surface area contributed by atoms with Crippen LogP contribution in [-0.2, 0) is 11.3 Å². The number of hydrogen-bond donors (Lipinski definition) is 3. The molecule has 130 valence electrons. The minimum Gasteiger partial charge on any atom is -0.505 e. The van der Waals surface area contributed by atoms with Crippen molar-refractivity contribution < 1.29 is 27.8 Å². The van der Waals surface area contributed by atoms with Gasteiger partial charge in [0, 0.05) is 6.54 Å². The van der Waals surface area contributed by atoms with Crippen molar-refractivity contribution in [2.45, 2.75) is 38.8 Å². The molecule has 0 unspecified atom stereocenters. The molecule has 3 N–H and O–H groups in total. The Hall–Kier alpha value is -1.96. The van der Waals surface area contributed by atoms with E-state index in [1.165, 1.54) is 6.07 Å². The third-order valence-corrected chi connectivity index (χ3v) is 2.62. The quantitative estimate of drug-likeness (QED) is 0.748. The molecule has 0 bridgehead atoms. The number of halogens is 3. The molecule has 0 saturated carbocycles. The number of nitrogens with one attached hydrogen (secondary N) is 2. The van der Waals surface area contributed by atoms with Crippen LogP contribution in [-0.4, -0.2) is 35.8 Å². The third-order valence-electron chi connectivity index (χ3n) is 2.62. The van der Waals surface area contributed by atoms with Gasteiger partial charge in [0.1, 0.15) is 5.60 Å². The maximum absolute atomic E-state index is 13.6.